The van der Waals surface area contributed by atoms with Crippen molar-refractivity contribution in [2.75, 3.05) is 19.5 Å². The lowest BCUT2D eigenvalue weighted by Gasteiger charge is -2.33. The third kappa shape index (κ3) is 6.17. The lowest BCUT2D eigenvalue weighted by atomic mass is 9.80. The van der Waals surface area contributed by atoms with Crippen LogP contribution in [-0.2, 0) is 23.9 Å². The summed E-state index contributed by atoms with van der Waals surface area (Å²) in [5.41, 5.74) is 1.27. The molecule has 33 heavy (non-hydrogen) atoms. The number of carbonyl (C=O) groups excluding carboxylic acids is 3. The summed E-state index contributed by atoms with van der Waals surface area (Å²) in [6.45, 7) is 6.59. The van der Waals surface area contributed by atoms with Crippen LogP contribution in [0.2, 0.25) is 0 Å². The summed E-state index contributed by atoms with van der Waals surface area (Å²) in [4.78, 5) is 48.9. The van der Waals surface area contributed by atoms with Gasteiger partial charge in [-0.25, -0.2) is 9.59 Å². The van der Waals surface area contributed by atoms with Crippen molar-refractivity contribution >= 4 is 46.3 Å². The summed E-state index contributed by atoms with van der Waals surface area (Å²) in [7, 11) is 0. The fraction of sp³-hybridized carbons (Fsp3) is 0.409. The van der Waals surface area contributed by atoms with Crippen LogP contribution >= 0.6 is 23.5 Å². The molecule has 11 heteroatoms. The van der Waals surface area contributed by atoms with E-state index in [0.29, 0.717) is 17.0 Å². The number of nitrogens with zero attached hydrogens (tertiary/aromatic N) is 1. The Balaban J connectivity index is 2.86. The standard InChI is InChI=1S/C22H26N2O7S2/c1-6-30-20(26)16-12(3)23-19(22(32-5)33-13(4)25)18(21(27)31-7-2)17(16)14-9-8-10-15(11-14)24(28)29/h8-11,17,22-23H,6-7H2,1-5H3. The lowest BCUT2D eigenvalue weighted by molar-refractivity contribution is -0.384. The molecule has 0 fully saturated rings. The van der Waals surface area contributed by atoms with E-state index in [-0.39, 0.29) is 35.2 Å². The van der Waals surface area contributed by atoms with E-state index in [2.05, 4.69) is 5.32 Å². The Hall–Kier alpha value is -2.79. The van der Waals surface area contributed by atoms with E-state index in [0.717, 1.165) is 11.8 Å². The van der Waals surface area contributed by atoms with Crippen LogP contribution in [0.4, 0.5) is 5.69 Å². The SMILES string of the molecule is CCOC(=O)C1=C(C)NC(C(SC)SC(C)=O)=C(C(=O)OCC)C1c1cccc([N+](=O)[O-])c1. The highest BCUT2D eigenvalue weighted by atomic mass is 32.2. The maximum Gasteiger partial charge on any atom is 0.336 e. The number of esters is 2. The Morgan fingerprint density at radius 2 is 1.76 bits per heavy atom. The van der Waals surface area contributed by atoms with Gasteiger partial charge in [0.2, 0.25) is 0 Å². The first-order chi connectivity index (χ1) is 15.7. The van der Waals surface area contributed by atoms with Gasteiger partial charge in [0.25, 0.3) is 5.69 Å². The highest BCUT2D eigenvalue weighted by Crippen LogP contribution is 2.44. The number of rotatable bonds is 9. The van der Waals surface area contributed by atoms with Crippen molar-refractivity contribution in [3.63, 3.8) is 0 Å². The lowest BCUT2D eigenvalue weighted by Crippen LogP contribution is -2.36. The van der Waals surface area contributed by atoms with Gasteiger partial charge in [0, 0.05) is 24.8 Å². The van der Waals surface area contributed by atoms with Crippen molar-refractivity contribution < 1.29 is 28.8 Å². The first-order valence-corrected chi connectivity index (χ1v) is 12.3. The summed E-state index contributed by atoms with van der Waals surface area (Å²) in [5.74, 6) is -2.32. The number of carbonyl (C=O) groups is 3. The molecule has 1 heterocycles. The molecule has 1 aliphatic heterocycles. The predicted molar refractivity (Wildman–Crippen MR) is 128 cm³/mol. The minimum atomic E-state index is -0.985. The molecule has 2 atom stereocenters. The Morgan fingerprint density at radius 3 is 2.27 bits per heavy atom. The van der Waals surface area contributed by atoms with Crippen molar-refractivity contribution in [1.82, 2.24) is 5.32 Å². The van der Waals surface area contributed by atoms with Crippen molar-refractivity contribution in [3.8, 4) is 0 Å². The smallest absolute Gasteiger partial charge is 0.336 e. The Bertz CT molecular complexity index is 1020. The predicted octanol–water partition coefficient (Wildman–Crippen LogP) is 3.90. The molecule has 1 aromatic carbocycles. The molecule has 178 valence electrons. The Labute approximate surface area is 200 Å². The van der Waals surface area contributed by atoms with Gasteiger partial charge in [-0.3, -0.25) is 14.9 Å². The molecule has 0 amide bonds. The average molecular weight is 495 g/mol. The fourth-order valence-corrected chi connectivity index (χ4v) is 5.30. The molecule has 0 saturated carbocycles. The average Bonchev–Trinajstić information content (AvgIpc) is 2.76. The second-order valence-corrected chi connectivity index (χ2v) is 9.42. The van der Waals surface area contributed by atoms with Gasteiger partial charge >= 0.3 is 11.9 Å². The molecule has 1 aliphatic rings. The van der Waals surface area contributed by atoms with E-state index in [4.69, 9.17) is 9.47 Å². The number of nitro benzene ring substituents is 1. The van der Waals surface area contributed by atoms with Crippen molar-refractivity contribution in [2.45, 2.75) is 38.2 Å². The maximum absolute atomic E-state index is 13.2. The zero-order valence-corrected chi connectivity index (χ0v) is 20.6. The monoisotopic (exact) mass is 494 g/mol. The van der Waals surface area contributed by atoms with Gasteiger partial charge in [0.15, 0.2) is 5.12 Å². The molecule has 0 bridgehead atoms. The number of benzene rings is 1. The van der Waals surface area contributed by atoms with E-state index >= 15 is 0 Å². The molecule has 9 nitrogen and oxygen atoms in total. The summed E-state index contributed by atoms with van der Waals surface area (Å²) in [5, 5.41) is 14.4. The number of dihydropyridines is 1. The second kappa shape index (κ2) is 11.9. The van der Waals surface area contributed by atoms with Crippen LogP contribution in [0, 0.1) is 10.1 Å². The molecule has 0 spiro atoms. The van der Waals surface area contributed by atoms with Crippen LogP contribution in [0.1, 0.15) is 39.2 Å². The molecular weight excluding hydrogens is 468 g/mol. The topological polar surface area (TPSA) is 125 Å². The molecule has 0 radical (unpaired) electrons. The van der Waals surface area contributed by atoms with Crippen molar-refractivity contribution in [1.29, 1.82) is 0 Å². The number of hydrogen-bond donors (Lipinski definition) is 1. The number of nitrogens with one attached hydrogen (secondary N) is 1. The number of ether oxygens (including phenoxy) is 2. The van der Waals surface area contributed by atoms with Crippen LogP contribution in [0.3, 0.4) is 0 Å². The van der Waals surface area contributed by atoms with Crippen LogP contribution < -0.4 is 5.32 Å². The van der Waals surface area contributed by atoms with Crippen molar-refractivity contribution in [2.24, 2.45) is 0 Å². The summed E-state index contributed by atoms with van der Waals surface area (Å²) in [6.07, 6.45) is 1.79. The third-order valence-corrected chi connectivity index (χ3v) is 7.03. The molecule has 0 aliphatic carbocycles. The van der Waals surface area contributed by atoms with Gasteiger partial charge in [0.1, 0.15) is 0 Å². The van der Waals surface area contributed by atoms with Gasteiger partial charge in [0.05, 0.1) is 45.5 Å². The molecular formula is C22H26N2O7S2. The van der Waals surface area contributed by atoms with E-state index in [1.165, 1.54) is 36.9 Å². The zero-order chi connectivity index (χ0) is 24.7. The van der Waals surface area contributed by atoms with Crippen LogP contribution in [-0.4, -0.2) is 46.0 Å². The second-order valence-electron chi connectivity index (χ2n) is 6.89. The fourth-order valence-electron chi connectivity index (χ4n) is 3.48. The molecule has 2 rings (SSSR count). The molecule has 1 N–H and O–H groups in total. The van der Waals surface area contributed by atoms with Gasteiger partial charge in [-0.1, -0.05) is 23.9 Å². The normalized spacial score (nSPS) is 16.7. The largest absolute Gasteiger partial charge is 0.463 e. The number of nitro groups is 1. The number of allylic oxidation sites excluding steroid dienone is 1. The molecule has 0 saturated heterocycles. The summed E-state index contributed by atoms with van der Waals surface area (Å²) < 4.78 is 10.1. The quantitative estimate of drug-likeness (QED) is 0.234. The minimum absolute atomic E-state index is 0.0818. The van der Waals surface area contributed by atoms with Gasteiger partial charge in [-0.2, -0.15) is 0 Å². The molecule has 1 aromatic rings. The van der Waals surface area contributed by atoms with E-state index in [1.54, 1.807) is 33.1 Å². The van der Waals surface area contributed by atoms with E-state index in [1.807, 2.05) is 0 Å². The first kappa shape index (κ1) is 26.5. The Morgan fingerprint density at radius 1 is 1.15 bits per heavy atom. The van der Waals surface area contributed by atoms with Crippen molar-refractivity contribution in [3.05, 3.63) is 62.5 Å². The highest BCUT2D eigenvalue weighted by Gasteiger charge is 2.41. The van der Waals surface area contributed by atoms with E-state index < -0.39 is 27.4 Å². The summed E-state index contributed by atoms with van der Waals surface area (Å²) >= 11 is 2.36. The first-order valence-electron chi connectivity index (χ1n) is 10.2. The van der Waals surface area contributed by atoms with Gasteiger partial charge < -0.3 is 14.8 Å². The molecule has 2 unspecified atom stereocenters. The zero-order valence-electron chi connectivity index (χ0n) is 19.0. The Kier molecular flexibility index (Phi) is 9.54. The molecule has 0 aromatic heterocycles. The van der Waals surface area contributed by atoms with Crippen LogP contribution in [0.15, 0.2) is 46.8 Å². The third-order valence-electron chi connectivity index (χ3n) is 4.72. The number of thioether (sulfide) groups is 2. The minimum Gasteiger partial charge on any atom is -0.463 e. The van der Waals surface area contributed by atoms with Crippen LogP contribution in [0.25, 0.3) is 0 Å². The van der Waals surface area contributed by atoms with Gasteiger partial charge in [-0.05, 0) is 32.6 Å². The van der Waals surface area contributed by atoms with E-state index in [9.17, 15) is 24.5 Å². The number of hydrogen-bond acceptors (Lipinski definition) is 10. The summed E-state index contributed by atoms with van der Waals surface area (Å²) in [6, 6.07) is 5.76. The highest BCUT2D eigenvalue weighted by molar-refractivity contribution is 8.24. The number of non-ortho nitro benzene ring substituents is 1. The van der Waals surface area contributed by atoms with Gasteiger partial charge in [-0.15, -0.1) is 11.8 Å². The van der Waals surface area contributed by atoms with Crippen LogP contribution in [0.5, 0.6) is 0 Å². The maximum atomic E-state index is 13.2.